The second-order valence-electron chi connectivity index (χ2n) is 9.24. The zero-order valence-corrected chi connectivity index (χ0v) is 21.7. The van der Waals surface area contributed by atoms with Crippen molar-refractivity contribution in [3.63, 3.8) is 0 Å². The first-order valence-corrected chi connectivity index (χ1v) is 12.1. The summed E-state index contributed by atoms with van der Waals surface area (Å²) in [4.78, 5) is 25.1. The number of aryl methyl sites for hydroxylation is 2. The predicted molar refractivity (Wildman–Crippen MR) is 143 cm³/mol. The molecule has 0 aliphatic carbocycles. The van der Waals surface area contributed by atoms with Gasteiger partial charge in [-0.1, -0.05) is 6.07 Å². The average Bonchev–Trinajstić information content (AvgIpc) is 3.44. The lowest BCUT2D eigenvalue weighted by molar-refractivity contribution is 0.0781. The number of aromatic amines is 1. The minimum atomic E-state index is -0.199. The van der Waals surface area contributed by atoms with Crippen molar-refractivity contribution in [1.29, 1.82) is 0 Å². The maximum absolute atomic E-state index is 13.8. The highest BCUT2D eigenvalue weighted by atomic mass is 16.5. The molecular formula is C27H30N8O2. The van der Waals surface area contributed by atoms with E-state index in [0.29, 0.717) is 41.4 Å². The molecule has 0 fully saturated rings. The van der Waals surface area contributed by atoms with Crippen molar-refractivity contribution in [3.8, 4) is 11.4 Å². The number of nitrogens with one attached hydrogen (secondary N) is 1. The number of carbonyl (C=O) groups is 1. The number of hydrogen-bond donors (Lipinski definition) is 2. The fourth-order valence-corrected chi connectivity index (χ4v) is 4.71. The highest BCUT2D eigenvalue weighted by Crippen LogP contribution is 2.30. The first-order chi connectivity index (χ1) is 17.8. The third-order valence-electron chi connectivity index (χ3n) is 6.68. The van der Waals surface area contributed by atoms with Crippen LogP contribution in [0.1, 0.15) is 39.8 Å². The fourth-order valence-electron chi connectivity index (χ4n) is 4.71. The van der Waals surface area contributed by atoms with E-state index in [0.717, 1.165) is 45.4 Å². The Morgan fingerprint density at radius 3 is 2.73 bits per heavy atom. The number of methoxy groups -OCH3 is 1. The van der Waals surface area contributed by atoms with Crippen LogP contribution in [0.2, 0.25) is 0 Å². The lowest BCUT2D eigenvalue weighted by Gasteiger charge is -2.18. The first-order valence-electron chi connectivity index (χ1n) is 12.1. The molecule has 37 heavy (non-hydrogen) atoms. The number of nitrogen functional groups attached to an aromatic ring is 1. The van der Waals surface area contributed by atoms with Gasteiger partial charge in [-0.3, -0.25) is 14.6 Å². The molecule has 3 aromatic heterocycles. The number of hydrogen-bond acceptors (Lipinski definition) is 7. The van der Waals surface area contributed by atoms with Crippen molar-refractivity contribution in [2.24, 2.45) is 0 Å². The van der Waals surface area contributed by atoms with Crippen molar-refractivity contribution < 1.29 is 9.53 Å². The summed E-state index contributed by atoms with van der Waals surface area (Å²) >= 11 is 0. The number of anilines is 1. The number of benzene rings is 2. The Hall–Kier alpha value is -4.31. The topological polar surface area (TPSA) is 128 Å². The number of H-pyrrole nitrogens is 1. The Morgan fingerprint density at radius 2 is 2.00 bits per heavy atom. The molecule has 5 rings (SSSR count). The monoisotopic (exact) mass is 498 g/mol. The molecule has 3 N–H and O–H groups in total. The van der Waals surface area contributed by atoms with Crippen molar-refractivity contribution in [2.75, 3.05) is 19.9 Å². The number of amides is 1. The number of fused-ring (bicyclic) bond motifs is 2. The molecule has 0 saturated heterocycles. The van der Waals surface area contributed by atoms with Crippen LogP contribution in [0.3, 0.4) is 0 Å². The molecule has 0 saturated carbocycles. The van der Waals surface area contributed by atoms with Gasteiger partial charge in [0.2, 0.25) is 0 Å². The van der Waals surface area contributed by atoms with Gasteiger partial charge in [-0.05, 0) is 56.2 Å². The molecule has 0 atom stereocenters. The zero-order valence-electron chi connectivity index (χ0n) is 21.7. The fraction of sp³-hybridized carbons (Fsp3) is 0.296. The maximum atomic E-state index is 13.8. The normalized spacial score (nSPS) is 11.5. The molecule has 0 radical (unpaired) electrons. The van der Waals surface area contributed by atoms with Crippen molar-refractivity contribution in [2.45, 2.75) is 40.5 Å². The summed E-state index contributed by atoms with van der Waals surface area (Å²) in [6, 6.07) is 9.66. The van der Waals surface area contributed by atoms with Gasteiger partial charge in [0, 0.05) is 54.8 Å². The standard InChI is InChI=1S/C27H30N8O2/c1-6-35-16(3)19(12-29-35)13-34(4)27(36)24-20-10-17(14-37-5)7-8-21(20)30-26(31-24)18-9-15(2)23-22(11-18)32-33-25(23)28/h7-12H,6,13-14H2,1-5H3,(H3,28,32,33). The molecule has 5 aromatic rings. The third-order valence-corrected chi connectivity index (χ3v) is 6.68. The lowest BCUT2D eigenvalue weighted by atomic mass is 10.0. The average molecular weight is 499 g/mol. The van der Waals surface area contributed by atoms with Crippen molar-refractivity contribution in [3.05, 3.63) is 64.6 Å². The van der Waals surface area contributed by atoms with Crippen molar-refractivity contribution in [1.82, 2.24) is 34.8 Å². The van der Waals surface area contributed by atoms with Crippen LogP contribution in [0.5, 0.6) is 0 Å². The predicted octanol–water partition coefficient (Wildman–Crippen LogP) is 4.01. The van der Waals surface area contributed by atoms with Gasteiger partial charge in [0.05, 0.1) is 23.8 Å². The number of rotatable bonds is 7. The Kier molecular flexibility index (Phi) is 6.34. The Balaban J connectivity index is 1.62. The summed E-state index contributed by atoms with van der Waals surface area (Å²) < 4.78 is 7.23. The number of aromatic nitrogens is 6. The first kappa shape index (κ1) is 24.4. The summed E-state index contributed by atoms with van der Waals surface area (Å²) in [5.74, 6) is 0.704. The number of nitrogens with zero attached hydrogens (tertiary/aromatic N) is 6. The molecule has 1 amide bonds. The summed E-state index contributed by atoms with van der Waals surface area (Å²) in [5, 5.41) is 13.1. The van der Waals surface area contributed by atoms with E-state index in [1.54, 1.807) is 19.1 Å². The van der Waals surface area contributed by atoms with E-state index in [9.17, 15) is 4.79 Å². The van der Waals surface area contributed by atoms with E-state index in [-0.39, 0.29) is 5.91 Å². The highest BCUT2D eigenvalue weighted by molar-refractivity contribution is 6.05. The molecule has 3 heterocycles. The molecule has 10 nitrogen and oxygen atoms in total. The number of nitrogens with two attached hydrogens (primary N) is 1. The lowest BCUT2D eigenvalue weighted by Crippen LogP contribution is -2.28. The van der Waals surface area contributed by atoms with Crippen LogP contribution >= 0.6 is 0 Å². The number of carbonyl (C=O) groups excluding carboxylic acids is 1. The van der Waals surface area contributed by atoms with Crippen molar-refractivity contribution >= 4 is 33.5 Å². The summed E-state index contributed by atoms with van der Waals surface area (Å²) in [6.45, 7) is 7.64. The van der Waals surface area contributed by atoms with E-state index >= 15 is 0 Å². The van der Waals surface area contributed by atoms with Gasteiger partial charge in [-0.25, -0.2) is 9.97 Å². The molecule has 0 bridgehead atoms. The summed E-state index contributed by atoms with van der Waals surface area (Å²) in [6.07, 6.45) is 1.82. The minimum Gasteiger partial charge on any atom is -0.382 e. The van der Waals surface area contributed by atoms with Gasteiger partial charge < -0.3 is 15.4 Å². The zero-order chi connectivity index (χ0) is 26.3. The Morgan fingerprint density at radius 1 is 1.19 bits per heavy atom. The van der Waals surface area contributed by atoms with Crippen LogP contribution in [0, 0.1) is 13.8 Å². The smallest absolute Gasteiger partial charge is 0.273 e. The second kappa shape index (κ2) is 9.62. The molecule has 0 aliphatic heterocycles. The van der Waals surface area contributed by atoms with Crippen LogP contribution in [0.25, 0.3) is 33.2 Å². The molecule has 0 spiro atoms. The summed E-state index contributed by atoms with van der Waals surface area (Å²) in [7, 11) is 3.42. The largest absolute Gasteiger partial charge is 0.382 e. The SMILES string of the molecule is CCn1ncc(CN(C)C(=O)c2nc(-c3cc(C)c4c(N)n[nH]c4c3)nc3ccc(COC)cc23)c1C. The van der Waals surface area contributed by atoms with Gasteiger partial charge in [-0.2, -0.15) is 10.2 Å². The van der Waals surface area contributed by atoms with Crippen LogP contribution in [0.15, 0.2) is 36.5 Å². The van der Waals surface area contributed by atoms with E-state index in [2.05, 4.69) is 15.3 Å². The van der Waals surface area contributed by atoms with Gasteiger partial charge in [0.15, 0.2) is 11.6 Å². The van der Waals surface area contributed by atoms with E-state index in [4.69, 9.17) is 20.4 Å². The van der Waals surface area contributed by atoms with E-state index in [1.807, 2.05) is 62.0 Å². The second-order valence-corrected chi connectivity index (χ2v) is 9.24. The Bertz CT molecular complexity index is 1640. The molecule has 0 aliphatic rings. The maximum Gasteiger partial charge on any atom is 0.273 e. The molecule has 190 valence electrons. The highest BCUT2D eigenvalue weighted by Gasteiger charge is 2.22. The molecule has 0 unspecified atom stereocenters. The molecular weight excluding hydrogens is 468 g/mol. The molecule has 10 heteroatoms. The number of ether oxygens (including phenoxy) is 1. The van der Waals surface area contributed by atoms with Gasteiger partial charge in [0.1, 0.15) is 5.69 Å². The van der Waals surface area contributed by atoms with Crippen LogP contribution in [0.4, 0.5) is 5.82 Å². The van der Waals surface area contributed by atoms with Crippen LogP contribution in [-0.4, -0.2) is 54.9 Å². The quantitative estimate of drug-likeness (QED) is 0.347. The van der Waals surface area contributed by atoms with E-state index < -0.39 is 0 Å². The molecule has 2 aromatic carbocycles. The van der Waals surface area contributed by atoms with Gasteiger partial charge in [0.25, 0.3) is 5.91 Å². The van der Waals surface area contributed by atoms with Gasteiger partial charge >= 0.3 is 0 Å². The van der Waals surface area contributed by atoms with Crippen LogP contribution in [-0.2, 0) is 24.4 Å². The minimum absolute atomic E-state index is 0.199. The Labute approximate surface area is 214 Å². The third kappa shape index (κ3) is 4.40. The van der Waals surface area contributed by atoms with Gasteiger partial charge in [-0.15, -0.1) is 0 Å². The van der Waals surface area contributed by atoms with Crippen LogP contribution < -0.4 is 5.73 Å². The summed E-state index contributed by atoms with van der Waals surface area (Å²) in [5.41, 5.74) is 12.5. The van der Waals surface area contributed by atoms with E-state index in [1.165, 1.54) is 0 Å².